The SMILES string of the molecule is C=N/C(=N\C=C(/C)C(C)(CNC(=O)c1cccc(Cl)c1Cl)CC1CC1)C(F)(F)F. The number of hydrogen-bond donors (Lipinski definition) is 1. The summed E-state index contributed by atoms with van der Waals surface area (Å²) in [4.78, 5) is 19.0. The average molecular weight is 448 g/mol. The number of carbonyl (C=O) groups is 1. The van der Waals surface area contributed by atoms with E-state index in [1.54, 1.807) is 25.1 Å². The van der Waals surface area contributed by atoms with Gasteiger partial charge in [0.25, 0.3) is 5.91 Å². The molecule has 4 nitrogen and oxygen atoms in total. The molecule has 0 aliphatic heterocycles. The molecule has 1 aliphatic rings. The maximum absolute atomic E-state index is 12.8. The van der Waals surface area contributed by atoms with Crippen LogP contribution in [0.1, 0.15) is 43.5 Å². The predicted octanol–water partition coefficient (Wildman–Crippen LogP) is 6.09. The molecule has 0 heterocycles. The van der Waals surface area contributed by atoms with Crippen molar-refractivity contribution in [3.8, 4) is 0 Å². The second-order valence-corrected chi connectivity index (χ2v) is 8.20. The highest BCUT2D eigenvalue weighted by Gasteiger charge is 2.37. The van der Waals surface area contributed by atoms with Crippen molar-refractivity contribution in [1.29, 1.82) is 0 Å². The molecule has 0 bridgehead atoms. The van der Waals surface area contributed by atoms with Crippen LogP contribution in [0.4, 0.5) is 13.2 Å². The fourth-order valence-electron chi connectivity index (χ4n) is 2.90. The van der Waals surface area contributed by atoms with Crippen LogP contribution in [0.25, 0.3) is 0 Å². The van der Waals surface area contributed by atoms with Gasteiger partial charge in [0.15, 0.2) is 0 Å². The number of aliphatic imine (C=N–C) groups is 2. The first-order chi connectivity index (χ1) is 13.5. The molecule has 1 aliphatic carbocycles. The zero-order valence-electron chi connectivity index (χ0n) is 16.1. The van der Waals surface area contributed by atoms with Gasteiger partial charge in [-0.2, -0.15) is 13.2 Å². The maximum Gasteiger partial charge on any atom is 0.451 e. The molecule has 1 amide bonds. The maximum atomic E-state index is 12.8. The van der Waals surface area contributed by atoms with Crippen molar-refractivity contribution >= 4 is 41.7 Å². The summed E-state index contributed by atoms with van der Waals surface area (Å²) in [6, 6.07) is 4.75. The van der Waals surface area contributed by atoms with Gasteiger partial charge in [-0.25, -0.2) is 9.98 Å². The Morgan fingerprint density at radius 1 is 1.34 bits per heavy atom. The molecule has 158 valence electrons. The van der Waals surface area contributed by atoms with Crippen LogP contribution in [0.3, 0.4) is 0 Å². The molecule has 0 spiro atoms. The molecule has 1 unspecified atom stereocenters. The van der Waals surface area contributed by atoms with Gasteiger partial charge in [-0.05, 0) is 43.7 Å². The number of halogens is 5. The number of amidine groups is 1. The van der Waals surface area contributed by atoms with Crippen LogP contribution >= 0.6 is 23.2 Å². The minimum atomic E-state index is -4.68. The standard InChI is InChI=1S/C20H22Cl2F3N3O/c1-12(10-27-18(26-3)20(23,24)25)19(2,9-13-7-8-13)11-28-17(29)14-5-4-6-15(21)16(14)22/h4-6,10,13H,3,7-9,11H2,1-2H3,(H,28,29)/b12-10+,27-18-. The van der Waals surface area contributed by atoms with Crippen molar-refractivity contribution in [2.75, 3.05) is 6.54 Å². The van der Waals surface area contributed by atoms with Gasteiger partial charge in [-0.1, -0.05) is 49.0 Å². The van der Waals surface area contributed by atoms with E-state index >= 15 is 0 Å². The summed E-state index contributed by atoms with van der Waals surface area (Å²) < 4.78 is 38.5. The number of benzene rings is 1. The van der Waals surface area contributed by atoms with Crippen LogP contribution in [0.2, 0.25) is 10.0 Å². The molecule has 1 aromatic carbocycles. The largest absolute Gasteiger partial charge is 0.451 e. The van der Waals surface area contributed by atoms with Gasteiger partial charge in [0.1, 0.15) is 0 Å². The van der Waals surface area contributed by atoms with E-state index in [4.69, 9.17) is 23.2 Å². The molecule has 0 saturated heterocycles. The molecule has 1 fully saturated rings. The third-order valence-corrected chi connectivity index (χ3v) is 5.83. The lowest BCUT2D eigenvalue weighted by molar-refractivity contribution is -0.0596. The van der Waals surface area contributed by atoms with Crippen LogP contribution in [-0.2, 0) is 0 Å². The summed E-state index contributed by atoms with van der Waals surface area (Å²) >= 11 is 12.0. The number of rotatable bonds is 7. The number of nitrogens with one attached hydrogen (secondary N) is 1. The van der Waals surface area contributed by atoms with Crippen molar-refractivity contribution in [2.24, 2.45) is 21.3 Å². The van der Waals surface area contributed by atoms with E-state index in [1.165, 1.54) is 0 Å². The molecular formula is C20H22Cl2F3N3O. The fourth-order valence-corrected chi connectivity index (χ4v) is 3.29. The lowest BCUT2D eigenvalue weighted by Crippen LogP contribution is -2.37. The second kappa shape index (κ2) is 9.30. The van der Waals surface area contributed by atoms with E-state index in [0.717, 1.165) is 25.5 Å². The Hall–Kier alpha value is -1.86. The van der Waals surface area contributed by atoms with Crippen molar-refractivity contribution in [1.82, 2.24) is 5.32 Å². The Kier molecular flexibility index (Phi) is 7.51. The van der Waals surface area contributed by atoms with E-state index in [9.17, 15) is 18.0 Å². The fraction of sp³-hybridized carbons (Fsp3) is 0.450. The molecule has 1 saturated carbocycles. The first-order valence-electron chi connectivity index (χ1n) is 8.99. The Bertz CT molecular complexity index is 848. The Morgan fingerprint density at radius 3 is 2.55 bits per heavy atom. The van der Waals surface area contributed by atoms with Crippen LogP contribution in [0.15, 0.2) is 40.0 Å². The highest BCUT2D eigenvalue weighted by molar-refractivity contribution is 6.43. The van der Waals surface area contributed by atoms with Crippen molar-refractivity contribution < 1.29 is 18.0 Å². The summed E-state index contributed by atoms with van der Waals surface area (Å²) in [5.41, 5.74) is 0.263. The van der Waals surface area contributed by atoms with E-state index in [2.05, 4.69) is 22.0 Å². The molecule has 1 N–H and O–H groups in total. The van der Waals surface area contributed by atoms with Gasteiger partial charge in [0, 0.05) is 18.2 Å². The van der Waals surface area contributed by atoms with E-state index < -0.39 is 23.3 Å². The van der Waals surface area contributed by atoms with E-state index in [0.29, 0.717) is 11.5 Å². The summed E-state index contributed by atoms with van der Waals surface area (Å²) in [7, 11) is 0. The molecule has 1 atom stereocenters. The second-order valence-electron chi connectivity index (χ2n) is 7.41. The Labute approximate surface area is 177 Å². The van der Waals surface area contributed by atoms with Gasteiger partial charge in [-0.15, -0.1) is 0 Å². The number of alkyl halides is 3. The van der Waals surface area contributed by atoms with Crippen LogP contribution in [-0.4, -0.2) is 31.2 Å². The van der Waals surface area contributed by atoms with Crippen molar-refractivity contribution in [3.63, 3.8) is 0 Å². The monoisotopic (exact) mass is 447 g/mol. The molecule has 1 aromatic rings. The molecular weight excluding hydrogens is 426 g/mol. The Balaban J connectivity index is 2.21. The smallest absolute Gasteiger partial charge is 0.351 e. The zero-order valence-corrected chi connectivity index (χ0v) is 17.6. The first kappa shape index (κ1) is 23.4. The van der Waals surface area contributed by atoms with Crippen LogP contribution < -0.4 is 5.32 Å². The van der Waals surface area contributed by atoms with Gasteiger partial charge in [0.2, 0.25) is 5.84 Å². The van der Waals surface area contributed by atoms with Gasteiger partial charge < -0.3 is 5.32 Å². The average Bonchev–Trinajstić information content (AvgIpc) is 3.45. The summed E-state index contributed by atoms with van der Waals surface area (Å²) in [6.07, 6.45) is -0.691. The normalized spacial score (nSPS) is 17.6. The summed E-state index contributed by atoms with van der Waals surface area (Å²) in [5.74, 6) is -1.24. The van der Waals surface area contributed by atoms with Crippen molar-refractivity contribution in [2.45, 2.75) is 39.3 Å². The van der Waals surface area contributed by atoms with E-state index in [1.807, 2.05) is 6.92 Å². The minimum absolute atomic E-state index is 0.152. The first-order valence-corrected chi connectivity index (χ1v) is 9.74. The third kappa shape index (κ3) is 6.31. The third-order valence-electron chi connectivity index (χ3n) is 5.01. The van der Waals surface area contributed by atoms with Crippen LogP contribution in [0, 0.1) is 11.3 Å². The number of amides is 1. The van der Waals surface area contributed by atoms with Gasteiger partial charge in [0.05, 0.1) is 15.6 Å². The summed E-state index contributed by atoms with van der Waals surface area (Å²) in [6.45, 7) is 6.72. The highest BCUT2D eigenvalue weighted by atomic mass is 35.5. The number of carbonyl (C=O) groups excluding carboxylic acids is 1. The van der Waals surface area contributed by atoms with E-state index in [-0.39, 0.29) is 22.2 Å². The zero-order chi connectivity index (χ0) is 21.8. The molecule has 0 aromatic heterocycles. The highest BCUT2D eigenvalue weighted by Crippen LogP contribution is 2.43. The predicted molar refractivity (Wildman–Crippen MR) is 111 cm³/mol. The van der Waals surface area contributed by atoms with Gasteiger partial charge in [-0.3, -0.25) is 4.79 Å². The van der Waals surface area contributed by atoms with Crippen LogP contribution in [0.5, 0.6) is 0 Å². The lowest BCUT2D eigenvalue weighted by Gasteiger charge is -2.31. The minimum Gasteiger partial charge on any atom is -0.351 e. The molecule has 29 heavy (non-hydrogen) atoms. The lowest BCUT2D eigenvalue weighted by atomic mass is 9.78. The topological polar surface area (TPSA) is 53.8 Å². The Morgan fingerprint density at radius 2 is 2.00 bits per heavy atom. The summed E-state index contributed by atoms with van der Waals surface area (Å²) in [5, 5.41) is 3.24. The van der Waals surface area contributed by atoms with Crippen molar-refractivity contribution in [3.05, 3.63) is 45.6 Å². The number of nitrogens with zero attached hydrogens (tertiary/aromatic N) is 2. The van der Waals surface area contributed by atoms with Gasteiger partial charge >= 0.3 is 6.18 Å². The molecule has 9 heteroatoms. The molecule has 0 radical (unpaired) electrons. The number of hydrogen-bond acceptors (Lipinski definition) is 2. The molecule has 2 rings (SSSR count). The quantitative estimate of drug-likeness (QED) is 0.398.